The van der Waals surface area contributed by atoms with Crippen LogP contribution in [0.1, 0.15) is 39.2 Å². The molecule has 0 aliphatic carbocycles. The van der Waals surface area contributed by atoms with E-state index >= 15 is 0 Å². The molecule has 0 aromatic heterocycles. The van der Waals surface area contributed by atoms with Crippen LogP contribution in [-0.4, -0.2) is 12.6 Å². The van der Waals surface area contributed by atoms with Crippen molar-refractivity contribution >= 4 is 15.9 Å². The van der Waals surface area contributed by atoms with Crippen molar-refractivity contribution in [3.05, 3.63) is 28.2 Å². The van der Waals surface area contributed by atoms with Gasteiger partial charge in [0, 0.05) is 10.5 Å². The predicted octanol–water partition coefficient (Wildman–Crippen LogP) is 4.15. The number of nitrogens with two attached hydrogens (primary N) is 1. The Morgan fingerprint density at radius 2 is 2.06 bits per heavy atom. The zero-order valence-corrected chi connectivity index (χ0v) is 13.2. The Labute approximate surface area is 119 Å². The van der Waals surface area contributed by atoms with Gasteiger partial charge in [-0.15, -0.1) is 0 Å². The van der Waals surface area contributed by atoms with Crippen LogP contribution in [0.4, 0.5) is 0 Å². The molecule has 1 aromatic carbocycles. The van der Waals surface area contributed by atoms with Gasteiger partial charge in [0.25, 0.3) is 0 Å². The Morgan fingerprint density at radius 3 is 2.67 bits per heavy atom. The molecule has 0 aliphatic heterocycles. The fraction of sp³-hybridized carbons (Fsp3) is 0.600. The van der Waals surface area contributed by atoms with Crippen LogP contribution in [0.2, 0.25) is 0 Å². The average Bonchev–Trinajstić information content (AvgIpc) is 2.32. The van der Waals surface area contributed by atoms with Gasteiger partial charge in [0.1, 0.15) is 5.75 Å². The summed E-state index contributed by atoms with van der Waals surface area (Å²) in [6.07, 6.45) is 2.96. The number of ether oxygens (including phenoxy) is 1. The van der Waals surface area contributed by atoms with Crippen LogP contribution in [0.15, 0.2) is 22.7 Å². The first-order chi connectivity index (χ1) is 8.52. The van der Waals surface area contributed by atoms with Crippen LogP contribution in [0.5, 0.6) is 5.75 Å². The molecular formula is C15H24BrNO. The largest absolute Gasteiger partial charge is 0.494 e. The Kier molecular flexibility index (Phi) is 6.72. The molecule has 0 bridgehead atoms. The lowest BCUT2D eigenvalue weighted by molar-refractivity contribution is 0.289. The third kappa shape index (κ3) is 5.40. The number of rotatable bonds is 7. The zero-order valence-electron chi connectivity index (χ0n) is 11.6. The lowest BCUT2D eigenvalue weighted by Gasteiger charge is -2.13. The molecule has 0 fully saturated rings. The topological polar surface area (TPSA) is 35.2 Å². The summed E-state index contributed by atoms with van der Waals surface area (Å²) < 4.78 is 6.88. The zero-order chi connectivity index (χ0) is 13.5. The highest BCUT2D eigenvalue weighted by Crippen LogP contribution is 2.24. The van der Waals surface area contributed by atoms with E-state index in [0.29, 0.717) is 5.92 Å². The van der Waals surface area contributed by atoms with Crippen LogP contribution < -0.4 is 10.5 Å². The van der Waals surface area contributed by atoms with Crippen LogP contribution in [-0.2, 0) is 6.42 Å². The summed E-state index contributed by atoms with van der Waals surface area (Å²) in [5, 5.41) is 0. The second-order valence-corrected chi connectivity index (χ2v) is 6.01. The van der Waals surface area contributed by atoms with Gasteiger partial charge in [-0.3, -0.25) is 0 Å². The molecule has 2 nitrogen and oxygen atoms in total. The van der Waals surface area contributed by atoms with Gasteiger partial charge in [0.2, 0.25) is 0 Å². The monoisotopic (exact) mass is 313 g/mol. The van der Waals surface area contributed by atoms with E-state index in [0.717, 1.165) is 36.1 Å². The van der Waals surface area contributed by atoms with Gasteiger partial charge in [-0.1, -0.05) is 36.7 Å². The highest BCUT2D eigenvalue weighted by molar-refractivity contribution is 9.10. The van der Waals surface area contributed by atoms with Crippen molar-refractivity contribution in [3.63, 3.8) is 0 Å². The second-order valence-electron chi connectivity index (χ2n) is 5.16. The van der Waals surface area contributed by atoms with Crippen LogP contribution in [0.25, 0.3) is 0 Å². The molecule has 2 N–H and O–H groups in total. The first-order valence-corrected chi connectivity index (χ1v) is 7.49. The third-order valence-corrected chi connectivity index (χ3v) is 3.76. The molecule has 0 heterocycles. The fourth-order valence-corrected chi connectivity index (χ4v) is 2.05. The summed E-state index contributed by atoms with van der Waals surface area (Å²) in [7, 11) is 0. The molecule has 1 aromatic rings. The number of benzene rings is 1. The normalized spacial score (nSPS) is 12.8. The minimum atomic E-state index is 0.215. The molecule has 0 saturated carbocycles. The Balaban J connectivity index is 2.62. The van der Waals surface area contributed by atoms with Gasteiger partial charge in [-0.2, -0.15) is 0 Å². The Bertz CT molecular complexity index is 366. The molecule has 0 saturated heterocycles. The Morgan fingerprint density at radius 1 is 1.33 bits per heavy atom. The quantitative estimate of drug-likeness (QED) is 0.820. The molecule has 1 rings (SSSR count). The van der Waals surface area contributed by atoms with E-state index in [9.17, 15) is 0 Å². The van der Waals surface area contributed by atoms with E-state index in [1.807, 2.05) is 12.1 Å². The molecule has 1 atom stereocenters. The van der Waals surface area contributed by atoms with Crippen molar-refractivity contribution in [2.45, 2.75) is 46.1 Å². The van der Waals surface area contributed by atoms with Gasteiger partial charge in [0.15, 0.2) is 0 Å². The van der Waals surface area contributed by atoms with Crippen molar-refractivity contribution < 1.29 is 4.74 Å². The lowest BCUT2D eigenvalue weighted by atomic mass is 10.0. The van der Waals surface area contributed by atoms with Gasteiger partial charge >= 0.3 is 0 Å². The summed E-state index contributed by atoms with van der Waals surface area (Å²) in [4.78, 5) is 0. The number of hydrogen-bond donors (Lipinski definition) is 1. The first-order valence-electron chi connectivity index (χ1n) is 6.69. The van der Waals surface area contributed by atoms with E-state index in [2.05, 4.69) is 42.8 Å². The van der Waals surface area contributed by atoms with Crippen molar-refractivity contribution in [1.29, 1.82) is 0 Å². The molecule has 0 spiro atoms. The van der Waals surface area contributed by atoms with E-state index in [1.54, 1.807) is 0 Å². The van der Waals surface area contributed by atoms with Crippen molar-refractivity contribution in [3.8, 4) is 5.75 Å². The summed E-state index contributed by atoms with van der Waals surface area (Å²) in [5.41, 5.74) is 7.23. The molecule has 0 radical (unpaired) electrons. The summed E-state index contributed by atoms with van der Waals surface area (Å²) in [6, 6.07) is 6.36. The maximum Gasteiger partial charge on any atom is 0.119 e. The van der Waals surface area contributed by atoms with Crippen molar-refractivity contribution in [1.82, 2.24) is 0 Å². The first kappa shape index (κ1) is 15.5. The minimum absolute atomic E-state index is 0.215. The molecule has 0 aliphatic rings. The lowest BCUT2D eigenvalue weighted by Crippen LogP contribution is -2.21. The molecule has 102 valence electrons. The summed E-state index contributed by atoms with van der Waals surface area (Å²) in [6.45, 7) is 7.30. The van der Waals surface area contributed by atoms with Crippen molar-refractivity contribution in [2.75, 3.05) is 6.61 Å². The Hall–Kier alpha value is -0.540. The maximum atomic E-state index is 6.00. The van der Waals surface area contributed by atoms with Crippen LogP contribution >= 0.6 is 15.9 Å². The molecule has 0 amide bonds. The average molecular weight is 314 g/mol. The van der Waals surface area contributed by atoms with Gasteiger partial charge in [-0.25, -0.2) is 0 Å². The fourth-order valence-electron chi connectivity index (χ4n) is 1.64. The number of halogens is 1. The number of hydrogen-bond acceptors (Lipinski definition) is 2. The van der Waals surface area contributed by atoms with Gasteiger partial charge in [0.05, 0.1) is 6.61 Å². The van der Waals surface area contributed by atoms with E-state index < -0.39 is 0 Å². The molecule has 1 unspecified atom stereocenters. The molecular weight excluding hydrogens is 290 g/mol. The maximum absolute atomic E-state index is 6.00. The van der Waals surface area contributed by atoms with Gasteiger partial charge in [-0.05, 0) is 48.9 Å². The van der Waals surface area contributed by atoms with E-state index in [4.69, 9.17) is 10.5 Å². The molecule has 3 heteroatoms. The highest BCUT2D eigenvalue weighted by atomic mass is 79.9. The third-order valence-electron chi connectivity index (χ3n) is 2.99. The minimum Gasteiger partial charge on any atom is -0.494 e. The predicted molar refractivity (Wildman–Crippen MR) is 81.1 cm³/mol. The summed E-state index contributed by atoms with van der Waals surface area (Å²) in [5.74, 6) is 1.62. The van der Waals surface area contributed by atoms with Crippen LogP contribution in [0, 0.1) is 5.92 Å². The smallest absolute Gasteiger partial charge is 0.119 e. The standard InChI is InChI=1S/C15H24BrNO/c1-4-13(17)9-12-10-14(5-6-15(12)16)18-8-7-11(2)3/h5-6,10-11,13H,4,7-9,17H2,1-3H3. The highest BCUT2D eigenvalue weighted by Gasteiger charge is 2.07. The summed E-state index contributed by atoms with van der Waals surface area (Å²) >= 11 is 3.57. The van der Waals surface area contributed by atoms with Crippen molar-refractivity contribution in [2.24, 2.45) is 11.7 Å². The molecule has 18 heavy (non-hydrogen) atoms. The second kappa shape index (κ2) is 7.80. The van der Waals surface area contributed by atoms with E-state index in [1.165, 1.54) is 5.56 Å². The van der Waals surface area contributed by atoms with E-state index in [-0.39, 0.29) is 6.04 Å². The van der Waals surface area contributed by atoms with Gasteiger partial charge < -0.3 is 10.5 Å². The van der Waals surface area contributed by atoms with Crippen LogP contribution in [0.3, 0.4) is 0 Å². The SMILES string of the molecule is CCC(N)Cc1cc(OCCC(C)C)ccc1Br.